The van der Waals surface area contributed by atoms with Crippen LogP contribution in [-0.4, -0.2) is 9.78 Å². The van der Waals surface area contributed by atoms with E-state index in [-0.39, 0.29) is 0 Å². The van der Waals surface area contributed by atoms with E-state index in [9.17, 15) is 5.26 Å². The van der Waals surface area contributed by atoms with Gasteiger partial charge in [-0.05, 0) is 18.2 Å². The summed E-state index contributed by atoms with van der Waals surface area (Å²) in [6.45, 7) is 0.927. The molecule has 1 aromatic heterocycles. The maximum atomic E-state index is 9.20. The summed E-state index contributed by atoms with van der Waals surface area (Å²) >= 11 is 5.94. The lowest BCUT2D eigenvalue weighted by Crippen LogP contribution is -2.01. The van der Waals surface area contributed by atoms with Gasteiger partial charge in [0, 0.05) is 10.6 Å². The number of halogens is 1. The van der Waals surface area contributed by atoms with Gasteiger partial charge in [-0.15, -0.1) is 0 Å². The fourth-order valence-electron chi connectivity index (χ4n) is 1.92. The fraction of sp³-hybridized carbons (Fsp3) is 0.167. The van der Waals surface area contributed by atoms with Crippen LogP contribution in [0.1, 0.15) is 17.0 Å². The van der Waals surface area contributed by atoms with Gasteiger partial charge < -0.3 is 4.74 Å². The molecule has 0 fully saturated rings. The second-order valence-electron chi connectivity index (χ2n) is 3.77. The predicted molar refractivity (Wildman–Crippen MR) is 61.8 cm³/mol. The zero-order valence-corrected chi connectivity index (χ0v) is 9.61. The van der Waals surface area contributed by atoms with Crippen molar-refractivity contribution in [3.05, 3.63) is 46.2 Å². The average Bonchev–Trinajstić information content (AvgIpc) is 2.88. The maximum absolute atomic E-state index is 9.20. The molecule has 5 heteroatoms. The lowest BCUT2D eigenvalue weighted by molar-refractivity contribution is 0.131. The highest BCUT2D eigenvalue weighted by molar-refractivity contribution is 6.30. The molecule has 1 aliphatic rings. The van der Waals surface area contributed by atoms with E-state index in [0.717, 1.165) is 16.9 Å². The van der Waals surface area contributed by atoms with Crippen molar-refractivity contribution in [1.29, 1.82) is 5.26 Å². The van der Waals surface area contributed by atoms with E-state index in [4.69, 9.17) is 16.3 Å². The molecule has 0 N–H and O–H groups in total. The number of nitriles is 1. The van der Waals surface area contributed by atoms with Gasteiger partial charge in [-0.2, -0.15) is 10.4 Å². The second kappa shape index (κ2) is 3.88. The molecule has 0 aliphatic carbocycles. The number of ether oxygens (including phenoxy) is 1. The molecule has 0 saturated carbocycles. The highest BCUT2D eigenvalue weighted by atomic mass is 35.5. The molecule has 2 aromatic rings. The zero-order valence-electron chi connectivity index (χ0n) is 8.85. The second-order valence-corrected chi connectivity index (χ2v) is 4.21. The standard InChI is InChI=1S/C12H8ClN3O/c13-8-2-1-3-9(4-8)16-12(5-14)10-6-17-7-11(10)15-16/h1-4H,6-7H2. The van der Waals surface area contributed by atoms with Crippen LogP contribution in [0.4, 0.5) is 0 Å². The smallest absolute Gasteiger partial charge is 0.150 e. The Bertz CT molecular complexity index is 627. The van der Waals surface area contributed by atoms with Crippen LogP contribution in [0.5, 0.6) is 0 Å². The van der Waals surface area contributed by atoms with Gasteiger partial charge >= 0.3 is 0 Å². The van der Waals surface area contributed by atoms with Gasteiger partial charge in [0.05, 0.1) is 24.6 Å². The van der Waals surface area contributed by atoms with Gasteiger partial charge in [0.15, 0.2) is 0 Å². The van der Waals surface area contributed by atoms with Crippen molar-refractivity contribution in [3.63, 3.8) is 0 Å². The van der Waals surface area contributed by atoms with Crippen molar-refractivity contribution in [2.24, 2.45) is 0 Å². The van der Waals surface area contributed by atoms with Crippen LogP contribution in [-0.2, 0) is 18.0 Å². The summed E-state index contributed by atoms with van der Waals surface area (Å²) in [6.07, 6.45) is 0. The van der Waals surface area contributed by atoms with Gasteiger partial charge in [-0.25, -0.2) is 4.68 Å². The van der Waals surface area contributed by atoms with E-state index in [1.165, 1.54) is 0 Å². The first kappa shape index (κ1) is 10.3. The van der Waals surface area contributed by atoms with Crippen molar-refractivity contribution >= 4 is 11.6 Å². The van der Waals surface area contributed by atoms with E-state index in [1.54, 1.807) is 16.8 Å². The van der Waals surface area contributed by atoms with E-state index in [2.05, 4.69) is 11.2 Å². The topological polar surface area (TPSA) is 50.8 Å². The van der Waals surface area contributed by atoms with Gasteiger partial charge in [-0.1, -0.05) is 17.7 Å². The summed E-state index contributed by atoms with van der Waals surface area (Å²) in [4.78, 5) is 0. The van der Waals surface area contributed by atoms with Crippen molar-refractivity contribution < 1.29 is 4.74 Å². The molecule has 0 bridgehead atoms. The van der Waals surface area contributed by atoms with Crippen LogP contribution < -0.4 is 0 Å². The van der Waals surface area contributed by atoms with Crippen molar-refractivity contribution in [2.45, 2.75) is 13.2 Å². The largest absolute Gasteiger partial charge is 0.370 e. The minimum atomic E-state index is 0.457. The number of nitrogens with zero attached hydrogens (tertiary/aromatic N) is 3. The van der Waals surface area contributed by atoms with Crippen molar-refractivity contribution in [2.75, 3.05) is 0 Å². The highest BCUT2D eigenvalue weighted by Crippen LogP contribution is 2.25. The Morgan fingerprint density at radius 2 is 2.29 bits per heavy atom. The first-order valence-electron chi connectivity index (χ1n) is 5.14. The third kappa shape index (κ3) is 1.60. The summed E-state index contributed by atoms with van der Waals surface area (Å²) in [5.74, 6) is 0. The first-order valence-corrected chi connectivity index (χ1v) is 5.52. The summed E-state index contributed by atoms with van der Waals surface area (Å²) < 4.78 is 6.88. The quantitative estimate of drug-likeness (QED) is 0.775. The number of aromatic nitrogens is 2. The summed E-state index contributed by atoms with van der Waals surface area (Å²) in [6, 6.07) is 9.45. The maximum Gasteiger partial charge on any atom is 0.150 e. The van der Waals surface area contributed by atoms with Crippen LogP contribution in [0, 0.1) is 11.3 Å². The normalized spacial score (nSPS) is 13.4. The first-order chi connectivity index (χ1) is 8.29. The summed E-state index contributed by atoms with van der Waals surface area (Å²) in [7, 11) is 0. The Morgan fingerprint density at radius 1 is 1.41 bits per heavy atom. The number of hydrogen-bond acceptors (Lipinski definition) is 3. The minimum absolute atomic E-state index is 0.457. The molecule has 0 amide bonds. The molecule has 0 unspecified atom stereocenters. The third-order valence-electron chi connectivity index (χ3n) is 2.71. The van der Waals surface area contributed by atoms with E-state index < -0.39 is 0 Å². The number of benzene rings is 1. The lowest BCUT2D eigenvalue weighted by Gasteiger charge is -2.04. The van der Waals surface area contributed by atoms with Crippen LogP contribution >= 0.6 is 11.6 Å². The number of rotatable bonds is 1. The van der Waals surface area contributed by atoms with Crippen molar-refractivity contribution in [3.8, 4) is 11.8 Å². The summed E-state index contributed by atoms with van der Waals surface area (Å²) in [5, 5.41) is 14.2. The predicted octanol–water partition coefficient (Wildman–Crippen LogP) is 2.43. The molecular weight excluding hydrogens is 238 g/mol. The van der Waals surface area contributed by atoms with E-state index >= 15 is 0 Å². The monoisotopic (exact) mass is 245 g/mol. The SMILES string of the molecule is N#Cc1c2c(nn1-c1cccc(Cl)c1)COC2. The molecule has 3 rings (SSSR count). The molecule has 0 spiro atoms. The van der Waals surface area contributed by atoms with Gasteiger partial charge in [-0.3, -0.25) is 0 Å². The van der Waals surface area contributed by atoms with E-state index in [1.807, 2.05) is 12.1 Å². The molecule has 84 valence electrons. The molecule has 0 atom stereocenters. The van der Waals surface area contributed by atoms with Crippen molar-refractivity contribution in [1.82, 2.24) is 9.78 Å². The van der Waals surface area contributed by atoms with Crippen LogP contribution in [0.2, 0.25) is 5.02 Å². The Balaban J connectivity index is 2.19. The molecule has 0 radical (unpaired) electrons. The molecule has 0 saturated heterocycles. The Morgan fingerprint density at radius 3 is 3.06 bits per heavy atom. The Kier molecular flexibility index (Phi) is 2.36. The number of fused-ring (bicyclic) bond motifs is 1. The number of hydrogen-bond donors (Lipinski definition) is 0. The average molecular weight is 246 g/mol. The minimum Gasteiger partial charge on any atom is -0.370 e. The van der Waals surface area contributed by atoms with Gasteiger partial charge in [0.1, 0.15) is 11.8 Å². The zero-order chi connectivity index (χ0) is 11.8. The van der Waals surface area contributed by atoms with Crippen LogP contribution in [0.15, 0.2) is 24.3 Å². The fourth-order valence-corrected chi connectivity index (χ4v) is 2.11. The Labute approximate surface area is 103 Å². The molecular formula is C12H8ClN3O. The highest BCUT2D eigenvalue weighted by Gasteiger charge is 2.23. The van der Waals surface area contributed by atoms with E-state index in [0.29, 0.717) is 23.9 Å². The van der Waals surface area contributed by atoms with Gasteiger partial charge in [0.2, 0.25) is 0 Å². The molecule has 1 aromatic carbocycles. The van der Waals surface area contributed by atoms with Crippen LogP contribution in [0.3, 0.4) is 0 Å². The molecule has 4 nitrogen and oxygen atoms in total. The third-order valence-corrected chi connectivity index (χ3v) is 2.95. The molecule has 17 heavy (non-hydrogen) atoms. The van der Waals surface area contributed by atoms with Crippen LogP contribution in [0.25, 0.3) is 5.69 Å². The van der Waals surface area contributed by atoms with Gasteiger partial charge in [0.25, 0.3) is 0 Å². The molecule has 2 heterocycles. The molecule has 1 aliphatic heterocycles. The lowest BCUT2D eigenvalue weighted by atomic mass is 10.2. The Hall–Kier alpha value is -1.83. The summed E-state index contributed by atoms with van der Waals surface area (Å²) in [5.41, 5.74) is 3.04.